The summed E-state index contributed by atoms with van der Waals surface area (Å²) in [4.78, 5) is 6.78. The van der Waals surface area contributed by atoms with Gasteiger partial charge < -0.3 is 20.0 Å². The van der Waals surface area contributed by atoms with Gasteiger partial charge >= 0.3 is 0 Å². The van der Waals surface area contributed by atoms with Crippen molar-refractivity contribution in [3.05, 3.63) is 53.0 Å². The van der Waals surface area contributed by atoms with E-state index in [0.717, 1.165) is 43.5 Å². The van der Waals surface area contributed by atoms with Gasteiger partial charge in [0, 0.05) is 44.0 Å². The van der Waals surface area contributed by atoms with Crippen molar-refractivity contribution in [2.75, 3.05) is 25.0 Å². The second-order valence-corrected chi connectivity index (χ2v) is 6.78. The first-order valence-corrected chi connectivity index (χ1v) is 8.90. The third-order valence-corrected chi connectivity index (χ3v) is 4.74. The van der Waals surface area contributed by atoms with Crippen LogP contribution in [0.25, 0.3) is 0 Å². The molecule has 1 fully saturated rings. The summed E-state index contributed by atoms with van der Waals surface area (Å²) in [7, 11) is 1.81. The minimum Gasteiger partial charge on any atom is -0.466 e. The van der Waals surface area contributed by atoms with Crippen LogP contribution >= 0.6 is 0 Å². The van der Waals surface area contributed by atoms with Crippen molar-refractivity contribution in [3.63, 3.8) is 0 Å². The normalized spacial score (nSPS) is 17.8. The largest absolute Gasteiger partial charge is 0.466 e. The molecule has 134 valence electrons. The lowest BCUT2D eigenvalue weighted by Crippen LogP contribution is -2.44. The molecule has 2 N–H and O–H groups in total. The number of guanidine groups is 1. The summed E-state index contributed by atoms with van der Waals surface area (Å²) in [5.41, 5.74) is 3.77. The predicted octanol–water partition coefficient (Wildman–Crippen LogP) is 3.15. The molecular weight excluding hydrogens is 312 g/mol. The van der Waals surface area contributed by atoms with Crippen molar-refractivity contribution in [1.29, 1.82) is 0 Å². The van der Waals surface area contributed by atoms with Crippen molar-refractivity contribution in [3.8, 4) is 0 Å². The Labute approximate surface area is 150 Å². The zero-order valence-corrected chi connectivity index (χ0v) is 15.6. The number of aryl methyl sites for hydroxylation is 3. The molecule has 1 aromatic carbocycles. The zero-order chi connectivity index (χ0) is 17.8. The third-order valence-electron chi connectivity index (χ3n) is 4.74. The molecule has 1 saturated heterocycles. The predicted molar refractivity (Wildman–Crippen MR) is 103 cm³/mol. The Morgan fingerprint density at radius 2 is 2.00 bits per heavy atom. The Bertz CT molecular complexity index is 733. The maximum absolute atomic E-state index is 5.58. The van der Waals surface area contributed by atoms with E-state index in [9.17, 15) is 0 Å². The van der Waals surface area contributed by atoms with Gasteiger partial charge in [-0.25, -0.2) is 0 Å². The van der Waals surface area contributed by atoms with Crippen LogP contribution in [0.2, 0.25) is 0 Å². The third kappa shape index (κ3) is 4.35. The van der Waals surface area contributed by atoms with Gasteiger partial charge in [-0.15, -0.1) is 0 Å². The smallest absolute Gasteiger partial charge is 0.191 e. The second kappa shape index (κ2) is 7.64. The van der Waals surface area contributed by atoms with Crippen LogP contribution in [0.4, 0.5) is 5.69 Å². The Kier molecular flexibility index (Phi) is 5.31. The van der Waals surface area contributed by atoms with Crippen molar-refractivity contribution in [2.24, 2.45) is 4.99 Å². The second-order valence-electron chi connectivity index (χ2n) is 6.78. The van der Waals surface area contributed by atoms with Crippen LogP contribution in [0.1, 0.15) is 29.1 Å². The number of aliphatic imine (C=N–C) groups is 1. The monoisotopic (exact) mass is 340 g/mol. The number of rotatable bonds is 4. The fourth-order valence-corrected chi connectivity index (χ4v) is 3.29. The highest BCUT2D eigenvalue weighted by atomic mass is 16.3. The summed E-state index contributed by atoms with van der Waals surface area (Å²) in [5.74, 6) is 2.75. The molecule has 0 spiro atoms. The fourth-order valence-electron chi connectivity index (χ4n) is 3.29. The van der Waals surface area contributed by atoms with E-state index in [1.807, 2.05) is 20.9 Å². The van der Waals surface area contributed by atoms with Gasteiger partial charge in [0.15, 0.2) is 5.96 Å². The maximum atomic E-state index is 5.58. The van der Waals surface area contributed by atoms with E-state index in [2.05, 4.69) is 57.8 Å². The van der Waals surface area contributed by atoms with Gasteiger partial charge in [0.1, 0.15) is 11.5 Å². The van der Waals surface area contributed by atoms with E-state index in [0.29, 0.717) is 6.04 Å². The number of nitrogens with zero attached hydrogens (tertiary/aromatic N) is 2. The van der Waals surface area contributed by atoms with Gasteiger partial charge in [0.05, 0.1) is 0 Å². The summed E-state index contributed by atoms with van der Waals surface area (Å²) in [6.07, 6.45) is 1.11. The van der Waals surface area contributed by atoms with Gasteiger partial charge in [0.2, 0.25) is 0 Å². The molecule has 0 amide bonds. The minimum absolute atomic E-state index is 0.402. The number of hydrogen-bond acceptors (Lipinski definition) is 3. The van der Waals surface area contributed by atoms with Crippen LogP contribution < -0.4 is 15.5 Å². The lowest BCUT2D eigenvalue weighted by Gasteiger charge is -2.20. The van der Waals surface area contributed by atoms with Crippen molar-refractivity contribution in [1.82, 2.24) is 10.6 Å². The lowest BCUT2D eigenvalue weighted by molar-refractivity contribution is 0.500. The summed E-state index contributed by atoms with van der Waals surface area (Å²) < 4.78 is 5.58. The van der Waals surface area contributed by atoms with Gasteiger partial charge in [0.25, 0.3) is 0 Å². The molecule has 1 aromatic heterocycles. The van der Waals surface area contributed by atoms with E-state index in [1.165, 1.54) is 16.8 Å². The topological polar surface area (TPSA) is 52.8 Å². The van der Waals surface area contributed by atoms with E-state index >= 15 is 0 Å². The van der Waals surface area contributed by atoms with E-state index in [4.69, 9.17) is 4.42 Å². The van der Waals surface area contributed by atoms with Crippen molar-refractivity contribution in [2.45, 2.75) is 39.8 Å². The number of nitrogens with one attached hydrogen (secondary N) is 2. The molecule has 1 atom stereocenters. The summed E-state index contributed by atoms with van der Waals surface area (Å²) in [6, 6.07) is 11.2. The molecule has 0 bridgehead atoms. The molecule has 1 unspecified atom stereocenters. The molecule has 0 aliphatic carbocycles. The van der Waals surface area contributed by atoms with Gasteiger partial charge in [-0.3, -0.25) is 4.99 Å². The van der Waals surface area contributed by atoms with Crippen molar-refractivity contribution >= 4 is 11.6 Å². The summed E-state index contributed by atoms with van der Waals surface area (Å²) >= 11 is 0. The van der Waals surface area contributed by atoms with Crippen LogP contribution in [-0.2, 0) is 6.54 Å². The molecule has 1 aliphatic heterocycles. The van der Waals surface area contributed by atoms with Crippen LogP contribution in [0.15, 0.2) is 39.7 Å². The summed E-state index contributed by atoms with van der Waals surface area (Å²) in [6.45, 7) is 8.87. The Morgan fingerprint density at radius 1 is 1.24 bits per heavy atom. The average molecular weight is 340 g/mol. The Hall–Kier alpha value is -2.43. The molecule has 5 nitrogen and oxygen atoms in total. The van der Waals surface area contributed by atoms with Crippen LogP contribution in [0.3, 0.4) is 0 Å². The number of hydrogen-bond donors (Lipinski definition) is 2. The van der Waals surface area contributed by atoms with Crippen molar-refractivity contribution < 1.29 is 4.42 Å². The molecule has 0 radical (unpaired) electrons. The fraction of sp³-hybridized carbons (Fsp3) is 0.450. The van der Waals surface area contributed by atoms with Gasteiger partial charge in [-0.1, -0.05) is 17.7 Å². The first-order chi connectivity index (χ1) is 12.0. The highest BCUT2D eigenvalue weighted by Gasteiger charge is 2.23. The molecular formula is C20H28N4O. The first kappa shape index (κ1) is 17.4. The van der Waals surface area contributed by atoms with Gasteiger partial charge in [-0.2, -0.15) is 0 Å². The Morgan fingerprint density at radius 3 is 2.64 bits per heavy atom. The van der Waals surface area contributed by atoms with E-state index in [1.54, 1.807) is 0 Å². The highest BCUT2D eigenvalue weighted by molar-refractivity contribution is 5.80. The van der Waals surface area contributed by atoms with E-state index in [-0.39, 0.29) is 0 Å². The average Bonchev–Trinajstić information content (AvgIpc) is 3.18. The minimum atomic E-state index is 0.402. The van der Waals surface area contributed by atoms with Crippen LogP contribution in [0, 0.1) is 20.8 Å². The molecule has 2 heterocycles. The van der Waals surface area contributed by atoms with Crippen LogP contribution in [0.5, 0.6) is 0 Å². The SMILES string of the molecule is CN=C(NCc1cc(C)oc1C)NC1CCN(c2ccc(C)cc2)C1. The zero-order valence-electron chi connectivity index (χ0n) is 15.6. The lowest BCUT2D eigenvalue weighted by atomic mass is 10.2. The molecule has 1 aliphatic rings. The Balaban J connectivity index is 1.52. The first-order valence-electron chi connectivity index (χ1n) is 8.90. The van der Waals surface area contributed by atoms with Gasteiger partial charge in [-0.05, 0) is 45.4 Å². The molecule has 3 rings (SSSR count). The molecule has 5 heteroatoms. The van der Waals surface area contributed by atoms with E-state index < -0.39 is 0 Å². The van der Waals surface area contributed by atoms with Crippen LogP contribution in [-0.4, -0.2) is 32.1 Å². The molecule has 2 aromatic rings. The summed E-state index contributed by atoms with van der Waals surface area (Å²) in [5, 5.41) is 6.93. The maximum Gasteiger partial charge on any atom is 0.191 e. The quantitative estimate of drug-likeness (QED) is 0.663. The number of furan rings is 1. The number of anilines is 1. The number of benzene rings is 1. The standard InChI is InChI=1S/C20H28N4O/c1-14-5-7-19(8-6-14)24-10-9-18(13-24)23-20(21-4)22-12-17-11-15(2)25-16(17)3/h5-8,11,18H,9-10,12-13H2,1-4H3,(H2,21,22,23). The molecule has 0 saturated carbocycles. The highest BCUT2D eigenvalue weighted by Crippen LogP contribution is 2.20. The molecule has 25 heavy (non-hydrogen) atoms.